The highest BCUT2D eigenvalue weighted by molar-refractivity contribution is 7.15. The van der Waals surface area contributed by atoms with Crippen LogP contribution in [0.25, 0.3) is 11.3 Å². The fraction of sp³-hybridized carbons (Fsp3) is 0.304. The van der Waals surface area contributed by atoms with Gasteiger partial charge in [-0.2, -0.15) is 23.4 Å². The number of thiophene rings is 1. The first-order valence-corrected chi connectivity index (χ1v) is 11.5. The lowest BCUT2D eigenvalue weighted by molar-refractivity contribution is -0.137. The van der Waals surface area contributed by atoms with Gasteiger partial charge in [-0.3, -0.25) is 14.3 Å². The summed E-state index contributed by atoms with van der Waals surface area (Å²) < 4.78 is 39.8. The second-order valence-electron chi connectivity index (χ2n) is 7.52. The van der Waals surface area contributed by atoms with E-state index in [4.69, 9.17) is 0 Å². The molecule has 2 amide bonds. The Bertz CT molecular complexity index is 1260. The number of aryl methyl sites for hydroxylation is 1. The van der Waals surface area contributed by atoms with E-state index >= 15 is 0 Å². The van der Waals surface area contributed by atoms with Crippen LogP contribution in [-0.2, 0) is 13.2 Å². The van der Waals surface area contributed by atoms with Crippen molar-refractivity contribution in [3.63, 3.8) is 0 Å². The third kappa shape index (κ3) is 5.53. The van der Waals surface area contributed by atoms with Gasteiger partial charge in [0.25, 0.3) is 11.8 Å². The predicted molar refractivity (Wildman–Crippen MR) is 127 cm³/mol. The molecule has 0 bridgehead atoms. The minimum Gasteiger partial charge on any atom is -0.504 e. The van der Waals surface area contributed by atoms with Gasteiger partial charge in [-0.05, 0) is 45.0 Å². The number of amides is 2. The molecule has 35 heavy (non-hydrogen) atoms. The van der Waals surface area contributed by atoms with E-state index in [0.717, 1.165) is 23.5 Å². The number of nitrogens with zero attached hydrogens (tertiary/aromatic N) is 4. The lowest BCUT2D eigenvalue weighted by Crippen LogP contribution is -2.29. The molecule has 8 nitrogen and oxygen atoms in total. The summed E-state index contributed by atoms with van der Waals surface area (Å²) in [5.41, 5.74) is 2.34. The standard InChI is InChI=1S/C23H24F3N5O3S/c1-5-31(6-2)22(34)17-12-11-16(35-17)21(33)28-27-13(3)18-20(32)19(30(4)29-18)14-7-9-15(10-8-14)23(24,25)26/h7-12,32H,5-6H2,1-4H3,(H,28,33). The number of hydrogen-bond acceptors (Lipinski definition) is 6. The second-order valence-corrected chi connectivity index (χ2v) is 8.61. The third-order valence-corrected chi connectivity index (χ3v) is 6.34. The molecule has 0 aliphatic heterocycles. The Morgan fingerprint density at radius 1 is 1.11 bits per heavy atom. The highest BCUT2D eigenvalue weighted by atomic mass is 32.1. The zero-order chi connectivity index (χ0) is 25.9. The largest absolute Gasteiger partial charge is 0.504 e. The van der Waals surface area contributed by atoms with Crippen molar-refractivity contribution >= 4 is 28.9 Å². The van der Waals surface area contributed by atoms with E-state index in [1.165, 1.54) is 36.9 Å². The van der Waals surface area contributed by atoms with Crippen molar-refractivity contribution in [2.24, 2.45) is 12.1 Å². The van der Waals surface area contributed by atoms with E-state index in [9.17, 15) is 27.9 Å². The average Bonchev–Trinajstić information content (AvgIpc) is 3.42. The number of rotatable bonds is 7. The van der Waals surface area contributed by atoms with E-state index in [1.54, 1.807) is 11.0 Å². The number of hydrazone groups is 1. The summed E-state index contributed by atoms with van der Waals surface area (Å²) in [7, 11) is 1.53. The fourth-order valence-electron chi connectivity index (χ4n) is 3.38. The molecule has 2 heterocycles. The van der Waals surface area contributed by atoms with Crippen LogP contribution >= 0.6 is 11.3 Å². The molecule has 0 fully saturated rings. The van der Waals surface area contributed by atoms with Gasteiger partial charge in [0.2, 0.25) is 0 Å². The molecule has 1 aromatic carbocycles. The van der Waals surface area contributed by atoms with E-state index < -0.39 is 17.6 Å². The van der Waals surface area contributed by atoms with E-state index in [0.29, 0.717) is 23.5 Å². The van der Waals surface area contributed by atoms with Crippen molar-refractivity contribution in [2.45, 2.75) is 26.9 Å². The lowest BCUT2D eigenvalue weighted by atomic mass is 10.1. The number of carbonyl (C=O) groups excluding carboxylic acids is 2. The van der Waals surface area contributed by atoms with Crippen molar-refractivity contribution in [3.05, 3.63) is 57.4 Å². The van der Waals surface area contributed by atoms with Crippen LogP contribution in [0.4, 0.5) is 13.2 Å². The number of halogens is 3. The Morgan fingerprint density at radius 2 is 1.71 bits per heavy atom. The van der Waals surface area contributed by atoms with Crippen molar-refractivity contribution in [2.75, 3.05) is 13.1 Å². The van der Waals surface area contributed by atoms with Crippen LogP contribution in [0.15, 0.2) is 41.5 Å². The molecule has 0 aliphatic rings. The van der Waals surface area contributed by atoms with Crippen LogP contribution in [0.1, 0.15) is 51.4 Å². The molecule has 0 saturated carbocycles. The van der Waals surface area contributed by atoms with Crippen molar-refractivity contribution < 1.29 is 27.9 Å². The Labute approximate surface area is 203 Å². The van der Waals surface area contributed by atoms with Gasteiger partial charge in [0, 0.05) is 25.7 Å². The van der Waals surface area contributed by atoms with Crippen LogP contribution in [0, 0.1) is 0 Å². The van der Waals surface area contributed by atoms with Gasteiger partial charge in [0.05, 0.1) is 21.0 Å². The maximum Gasteiger partial charge on any atom is 0.416 e. The minimum atomic E-state index is -4.47. The molecule has 0 spiro atoms. The molecule has 0 atom stereocenters. The molecular formula is C23H24F3N5O3S. The summed E-state index contributed by atoms with van der Waals surface area (Å²) in [5.74, 6) is -0.981. The lowest BCUT2D eigenvalue weighted by Gasteiger charge is -2.17. The van der Waals surface area contributed by atoms with Crippen LogP contribution in [0.5, 0.6) is 5.75 Å². The molecule has 0 unspecified atom stereocenters. The number of aromatic nitrogens is 2. The second kappa shape index (κ2) is 10.3. The molecule has 0 aliphatic carbocycles. The van der Waals surface area contributed by atoms with Gasteiger partial charge < -0.3 is 10.0 Å². The first-order valence-electron chi connectivity index (χ1n) is 10.7. The number of nitrogens with one attached hydrogen (secondary N) is 1. The summed E-state index contributed by atoms with van der Waals surface area (Å²) in [4.78, 5) is 27.3. The van der Waals surface area contributed by atoms with Gasteiger partial charge in [-0.1, -0.05) is 12.1 Å². The number of carbonyl (C=O) groups is 2. The number of hydrogen-bond donors (Lipinski definition) is 2. The summed E-state index contributed by atoms with van der Waals surface area (Å²) in [6.45, 7) is 6.37. The topological polar surface area (TPSA) is 99.8 Å². The Balaban J connectivity index is 1.78. The van der Waals surface area contributed by atoms with Crippen LogP contribution in [0.3, 0.4) is 0 Å². The molecule has 3 aromatic rings. The van der Waals surface area contributed by atoms with Gasteiger partial charge >= 0.3 is 6.18 Å². The Kier molecular flexibility index (Phi) is 7.64. The SMILES string of the molecule is CCN(CC)C(=O)c1ccc(C(=O)NN=C(C)c2nn(C)c(-c3ccc(C(F)(F)F)cc3)c2O)s1. The molecular weight excluding hydrogens is 483 g/mol. The summed E-state index contributed by atoms with van der Waals surface area (Å²) >= 11 is 1.04. The number of aromatic hydroxyl groups is 1. The quantitative estimate of drug-likeness (QED) is 0.363. The molecule has 2 N–H and O–H groups in total. The summed E-state index contributed by atoms with van der Waals surface area (Å²) in [6.07, 6.45) is -4.47. The first kappa shape index (κ1) is 25.9. The van der Waals surface area contributed by atoms with Gasteiger partial charge in [-0.25, -0.2) is 5.43 Å². The number of benzene rings is 1. The molecule has 2 aromatic heterocycles. The zero-order valence-corrected chi connectivity index (χ0v) is 20.3. The van der Waals surface area contributed by atoms with Gasteiger partial charge in [0.15, 0.2) is 11.4 Å². The molecule has 3 rings (SSSR count). The van der Waals surface area contributed by atoms with Crippen molar-refractivity contribution in [3.8, 4) is 17.0 Å². The first-order chi connectivity index (χ1) is 16.5. The third-order valence-electron chi connectivity index (χ3n) is 5.27. The fourth-order valence-corrected chi connectivity index (χ4v) is 4.25. The summed E-state index contributed by atoms with van der Waals surface area (Å²) in [5, 5.41) is 18.8. The van der Waals surface area contributed by atoms with Gasteiger partial charge in [0.1, 0.15) is 5.69 Å². The predicted octanol–water partition coefficient (Wildman–Crippen LogP) is 4.51. The van der Waals surface area contributed by atoms with Crippen LogP contribution in [0.2, 0.25) is 0 Å². The smallest absolute Gasteiger partial charge is 0.416 e. The van der Waals surface area contributed by atoms with Gasteiger partial charge in [-0.15, -0.1) is 11.3 Å². The maximum absolute atomic E-state index is 12.8. The van der Waals surface area contributed by atoms with Crippen LogP contribution < -0.4 is 5.43 Å². The molecule has 186 valence electrons. The normalized spacial score (nSPS) is 12.0. The minimum absolute atomic E-state index is 0.0614. The number of alkyl halides is 3. The average molecular weight is 508 g/mol. The van der Waals surface area contributed by atoms with Crippen LogP contribution in [-0.4, -0.2) is 50.4 Å². The zero-order valence-electron chi connectivity index (χ0n) is 19.5. The van der Waals surface area contributed by atoms with Crippen molar-refractivity contribution in [1.29, 1.82) is 0 Å². The highest BCUT2D eigenvalue weighted by Crippen LogP contribution is 2.35. The van der Waals surface area contributed by atoms with E-state index in [-0.39, 0.29) is 33.6 Å². The Morgan fingerprint density at radius 3 is 2.29 bits per heavy atom. The van der Waals surface area contributed by atoms with E-state index in [2.05, 4.69) is 15.6 Å². The highest BCUT2D eigenvalue weighted by Gasteiger charge is 2.30. The van der Waals surface area contributed by atoms with E-state index in [1.807, 2.05) is 13.8 Å². The maximum atomic E-state index is 12.8. The monoisotopic (exact) mass is 507 g/mol. The Hall–Kier alpha value is -3.67. The molecule has 0 saturated heterocycles. The molecule has 0 radical (unpaired) electrons. The molecule has 12 heteroatoms. The van der Waals surface area contributed by atoms with Crippen molar-refractivity contribution in [1.82, 2.24) is 20.1 Å². The summed E-state index contributed by atoms with van der Waals surface area (Å²) in [6, 6.07) is 7.43.